The van der Waals surface area contributed by atoms with Gasteiger partial charge in [0.2, 0.25) is 0 Å². The monoisotopic (exact) mass is 936 g/mol. The van der Waals surface area contributed by atoms with Gasteiger partial charge in [0.1, 0.15) is 23.0 Å². The van der Waals surface area contributed by atoms with E-state index < -0.39 is 17.2 Å². The van der Waals surface area contributed by atoms with E-state index in [1.165, 1.54) is 70.2 Å². The molecule has 0 heterocycles. The summed E-state index contributed by atoms with van der Waals surface area (Å²) in [4.78, 5) is 0. The zero-order valence-electron chi connectivity index (χ0n) is 39.4. The molecule has 0 bridgehead atoms. The summed E-state index contributed by atoms with van der Waals surface area (Å²) in [5.74, 6) is 5.56. The Kier molecular flexibility index (Phi) is 14.1. The highest BCUT2D eigenvalue weighted by Gasteiger charge is 2.32. The van der Waals surface area contributed by atoms with Crippen molar-refractivity contribution >= 4 is 17.2 Å². The highest BCUT2D eigenvalue weighted by Crippen LogP contribution is 2.53. The Morgan fingerprint density at radius 3 is 0.955 bits per heavy atom. The maximum absolute atomic E-state index is 7.13. The first-order valence-corrected chi connectivity index (χ1v) is 26.6. The summed E-state index contributed by atoms with van der Waals surface area (Å²) < 4.78 is 54.4. The number of ether oxygens (including phenoxy) is 2. The van der Waals surface area contributed by atoms with Gasteiger partial charge in [0.05, 0.1) is 14.2 Å². The zero-order valence-corrected chi connectivity index (χ0v) is 41.2. The lowest BCUT2D eigenvalue weighted by Crippen LogP contribution is -2.11. The quantitative estimate of drug-likeness (QED) is 0.0889. The van der Waals surface area contributed by atoms with E-state index in [9.17, 15) is 0 Å². The number of methoxy groups -OCH3 is 2. The molecule has 0 aliphatic heterocycles. The first kappa shape index (κ1) is 45.4. The van der Waals surface area contributed by atoms with Gasteiger partial charge in [-0.3, -0.25) is 0 Å². The molecule has 4 aliphatic carbocycles. The number of fused-ring (bicyclic) bond motifs is 4. The molecule has 348 valence electrons. The molecule has 0 radical (unpaired) electrons. The van der Waals surface area contributed by atoms with E-state index in [4.69, 9.17) is 36.6 Å². The zero-order chi connectivity index (χ0) is 45.7. The van der Waals surface area contributed by atoms with Crippen LogP contribution in [0.25, 0.3) is 0 Å². The summed E-state index contributed by atoms with van der Waals surface area (Å²) in [6.45, 7) is 4.16. The fourth-order valence-electron chi connectivity index (χ4n) is 10.5. The van der Waals surface area contributed by atoms with E-state index >= 15 is 0 Å². The smallest absolute Gasteiger partial charge is 0.493 e. The van der Waals surface area contributed by atoms with E-state index in [0.29, 0.717) is 29.4 Å². The van der Waals surface area contributed by atoms with Gasteiger partial charge in [-0.2, -0.15) is 0 Å². The second-order valence-electron chi connectivity index (χ2n) is 18.5. The van der Waals surface area contributed by atoms with Crippen molar-refractivity contribution in [3.8, 4) is 46.0 Å². The largest absolute Gasteiger partial charge is 0.530 e. The third-order valence-corrected chi connectivity index (χ3v) is 15.9. The molecule has 6 aromatic carbocycles. The van der Waals surface area contributed by atoms with Crippen LogP contribution in [0.4, 0.5) is 0 Å². The summed E-state index contributed by atoms with van der Waals surface area (Å²) in [7, 11) is -0.660. The summed E-state index contributed by atoms with van der Waals surface area (Å²) >= 11 is 0. The standard InChI is InChI=1S/C57H62O8P2/c1-38-33-44(56(54(35-38)58-3)64-66(60-50-29-13-21-40-17-5-9-25-46(40)50)61-51-30-14-22-41-18-6-10-26-47(41)51)37-45-34-39(2)36-55(59-4)57(45)65-67(62-52-31-15-23-42-19-7-11-27-48(42)52)63-53-32-16-24-43-20-8-12-28-49(43)53/h13-16,21-24,29-36H,5-12,17-20,25-28,37H2,1-4H3. The highest BCUT2D eigenvalue weighted by atomic mass is 31.2. The summed E-state index contributed by atoms with van der Waals surface area (Å²) in [6.07, 6.45) is 17.6. The lowest BCUT2D eigenvalue weighted by Gasteiger charge is -2.27. The van der Waals surface area contributed by atoms with Crippen LogP contribution in [0.15, 0.2) is 97.1 Å². The van der Waals surface area contributed by atoms with Gasteiger partial charge in [-0.15, -0.1) is 0 Å². The molecule has 67 heavy (non-hydrogen) atoms. The fourth-order valence-corrected chi connectivity index (χ4v) is 12.8. The molecule has 0 spiro atoms. The second-order valence-corrected chi connectivity index (χ2v) is 20.5. The number of hydrogen-bond donors (Lipinski definition) is 0. The Morgan fingerprint density at radius 1 is 0.358 bits per heavy atom. The molecule has 0 atom stereocenters. The average molecular weight is 937 g/mol. The van der Waals surface area contributed by atoms with Crippen molar-refractivity contribution in [2.75, 3.05) is 14.2 Å². The van der Waals surface area contributed by atoms with Crippen LogP contribution in [0.2, 0.25) is 0 Å². The Hall–Kier alpha value is -5.42. The van der Waals surface area contributed by atoms with Gasteiger partial charge < -0.3 is 36.6 Å². The van der Waals surface area contributed by atoms with Crippen LogP contribution in [0.5, 0.6) is 46.0 Å². The van der Waals surface area contributed by atoms with Gasteiger partial charge in [-0.25, -0.2) is 0 Å². The predicted molar refractivity (Wildman–Crippen MR) is 268 cm³/mol. The molecule has 0 N–H and O–H groups in total. The minimum atomic E-state index is -2.02. The van der Waals surface area contributed by atoms with Crippen LogP contribution in [-0.4, -0.2) is 14.2 Å². The molecule has 0 saturated carbocycles. The Morgan fingerprint density at radius 2 is 0.657 bits per heavy atom. The molecule has 0 unspecified atom stereocenters. The van der Waals surface area contributed by atoms with Gasteiger partial charge in [0.15, 0.2) is 23.0 Å². The van der Waals surface area contributed by atoms with Crippen molar-refractivity contribution in [3.63, 3.8) is 0 Å². The molecule has 0 saturated heterocycles. The van der Waals surface area contributed by atoms with Crippen molar-refractivity contribution in [2.24, 2.45) is 0 Å². The van der Waals surface area contributed by atoms with E-state index in [2.05, 4.69) is 98.8 Å². The maximum Gasteiger partial charge on any atom is 0.530 e. The summed E-state index contributed by atoms with van der Waals surface area (Å²) in [5.41, 5.74) is 14.1. The van der Waals surface area contributed by atoms with E-state index in [0.717, 1.165) is 122 Å². The minimum absolute atomic E-state index is 0.413. The average Bonchev–Trinajstić information content (AvgIpc) is 3.35. The third-order valence-electron chi connectivity index (χ3n) is 13.8. The van der Waals surface area contributed by atoms with Gasteiger partial charge in [0, 0.05) is 17.5 Å². The van der Waals surface area contributed by atoms with Gasteiger partial charge in [-0.05, 0) is 209 Å². The number of hydrogen-bond acceptors (Lipinski definition) is 8. The van der Waals surface area contributed by atoms with Crippen molar-refractivity contribution in [1.82, 2.24) is 0 Å². The normalized spacial score (nSPS) is 15.1. The Bertz CT molecular complexity index is 2430. The first-order chi connectivity index (χ1) is 32.9. The lowest BCUT2D eigenvalue weighted by molar-refractivity contribution is 0.354. The molecular formula is C57H62O8P2. The molecule has 0 amide bonds. The van der Waals surface area contributed by atoms with Crippen LogP contribution in [0, 0.1) is 13.8 Å². The topological polar surface area (TPSA) is 73.8 Å². The van der Waals surface area contributed by atoms with Gasteiger partial charge in [0.25, 0.3) is 0 Å². The van der Waals surface area contributed by atoms with E-state index in [1.54, 1.807) is 14.2 Å². The number of rotatable bonds is 16. The number of aryl methyl sites for hydroxylation is 6. The fraction of sp³-hybridized carbons (Fsp3) is 0.368. The molecule has 0 aromatic heterocycles. The van der Waals surface area contributed by atoms with Crippen molar-refractivity contribution < 1.29 is 36.6 Å². The number of benzene rings is 6. The maximum atomic E-state index is 7.13. The second kappa shape index (κ2) is 20.8. The minimum Gasteiger partial charge on any atom is -0.493 e. The highest BCUT2D eigenvalue weighted by molar-refractivity contribution is 7.43. The van der Waals surface area contributed by atoms with Crippen LogP contribution in [0.3, 0.4) is 0 Å². The first-order valence-electron chi connectivity index (χ1n) is 24.4. The Balaban J connectivity index is 1.03. The molecule has 10 rings (SSSR count). The van der Waals surface area contributed by atoms with Crippen LogP contribution < -0.4 is 36.6 Å². The third kappa shape index (κ3) is 10.2. The van der Waals surface area contributed by atoms with Crippen molar-refractivity contribution in [3.05, 3.63) is 164 Å². The Labute approximate surface area is 399 Å². The lowest BCUT2D eigenvalue weighted by atomic mass is 9.91. The van der Waals surface area contributed by atoms with Crippen LogP contribution in [-0.2, 0) is 57.8 Å². The SMILES string of the molecule is COc1cc(C)cc(Cc2cc(C)cc(OC)c2OP(Oc2cccc3c2CCCC3)Oc2cccc3c2CCCC3)c1OP(Oc1cccc2c1CCCC2)Oc1cccc2c1CCCC2. The molecule has 0 fully saturated rings. The molecule has 4 aliphatic rings. The molecule has 6 aromatic rings. The summed E-state index contributed by atoms with van der Waals surface area (Å²) in [5, 5.41) is 0. The van der Waals surface area contributed by atoms with Crippen molar-refractivity contribution in [1.29, 1.82) is 0 Å². The van der Waals surface area contributed by atoms with Gasteiger partial charge >= 0.3 is 17.2 Å². The van der Waals surface area contributed by atoms with Crippen LogP contribution in [0.1, 0.15) is 118 Å². The van der Waals surface area contributed by atoms with Crippen molar-refractivity contribution in [2.45, 2.75) is 123 Å². The molecule has 8 nitrogen and oxygen atoms in total. The molecular weight excluding hydrogens is 875 g/mol. The predicted octanol–water partition coefficient (Wildman–Crippen LogP) is 15.0. The molecule has 10 heteroatoms. The van der Waals surface area contributed by atoms with Gasteiger partial charge in [-0.1, -0.05) is 60.7 Å². The van der Waals surface area contributed by atoms with Crippen LogP contribution >= 0.6 is 17.2 Å². The van der Waals surface area contributed by atoms with E-state index in [-0.39, 0.29) is 0 Å². The van der Waals surface area contributed by atoms with E-state index in [1.807, 2.05) is 12.1 Å². The summed E-state index contributed by atoms with van der Waals surface area (Å²) in [6, 6.07) is 33.8.